The third-order valence-corrected chi connectivity index (χ3v) is 18.3. The SMILES string of the molecule is Cc1cc(C)c(N2c3cc4c(cc3B3c5cc6c(cc5Oc5cc(C)cc2c53)Oc2cc(C)cc3c2B6c2cc(C(C)(C)C)ccc2O3)B2c3cc(C(C)(C)C)ccc3Oc3cc(C)cc(c32)N4c2ccc(C(C)(C)C)cc2)c(C)c1. The van der Waals surface area contributed by atoms with Crippen molar-refractivity contribution in [1.29, 1.82) is 0 Å². The molecule has 0 atom stereocenters. The van der Waals surface area contributed by atoms with E-state index in [1.54, 1.807) is 0 Å². The summed E-state index contributed by atoms with van der Waals surface area (Å²) in [6, 6.07) is 51.1. The Morgan fingerprint density at radius 3 is 1.15 bits per heavy atom. The molecule has 0 saturated carbocycles. The van der Waals surface area contributed by atoms with E-state index >= 15 is 0 Å². The predicted octanol–water partition coefficient (Wildman–Crippen LogP) is 13.0. The molecule has 6 nitrogen and oxygen atoms in total. The molecule has 0 aliphatic carbocycles. The first kappa shape index (κ1) is 50.0. The smallest absolute Gasteiger partial charge is 0.260 e. The summed E-state index contributed by atoms with van der Waals surface area (Å²) in [4.78, 5) is 5.12. The fraction of sp³-hybridized carbons (Fsp3) is 0.250. The lowest BCUT2D eigenvalue weighted by Crippen LogP contribution is -2.65. The van der Waals surface area contributed by atoms with Crippen LogP contribution >= 0.6 is 0 Å². The van der Waals surface area contributed by atoms with Gasteiger partial charge in [-0.3, -0.25) is 0 Å². The molecule has 9 aromatic carbocycles. The van der Waals surface area contributed by atoms with Crippen LogP contribution in [0.3, 0.4) is 0 Å². The number of nitrogens with zero attached hydrogens (tertiary/aromatic N) is 2. The third-order valence-electron chi connectivity index (χ3n) is 18.3. The van der Waals surface area contributed by atoms with Crippen LogP contribution in [0.1, 0.15) is 112 Å². The number of hydrogen-bond acceptors (Lipinski definition) is 6. The van der Waals surface area contributed by atoms with Crippen molar-refractivity contribution in [3.63, 3.8) is 0 Å². The van der Waals surface area contributed by atoms with Crippen LogP contribution in [0.25, 0.3) is 0 Å². The Morgan fingerprint density at radius 2 is 0.667 bits per heavy atom. The fourth-order valence-corrected chi connectivity index (χ4v) is 14.5. The molecule has 9 heteroatoms. The molecule has 0 saturated heterocycles. The largest absolute Gasteiger partial charge is 0.458 e. The van der Waals surface area contributed by atoms with Gasteiger partial charge in [-0.05, 0) is 213 Å². The Morgan fingerprint density at radius 1 is 0.296 bits per heavy atom. The number of anilines is 6. The standard InChI is InChI=1S/C72H67B3N2O4/c1-38-24-42(5)69(43(6)25-38)77-55-36-54-48(73-50-32-45(71(10,11)12)18-22-58(50)78-62-28-39(2)26-56(66(62)73)76(54)47-20-16-44(17-21-47)70(7,8)9)34-49(55)74-52-35-53-61(37-60(52)80-63-29-40(3)27-57(77)67(63)74)81-65-31-41(4)30-64-68(65)75(53)51-33-46(72(13,14)15)19-23-59(51)79-64/h16-37H,1-15H3. The molecule has 0 spiro atoms. The van der Waals surface area contributed by atoms with E-state index in [1.165, 1.54) is 66.4 Å². The monoisotopic (exact) mass is 1060 g/mol. The van der Waals surface area contributed by atoms with Gasteiger partial charge in [-0.1, -0.05) is 129 Å². The Bertz CT molecular complexity index is 4270. The van der Waals surface area contributed by atoms with Crippen LogP contribution in [0, 0.1) is 41.5 Å². The maximum atomic E-state index is 7.38. The van der Waals surface area contributed by atoms with E-state index in [4.69, 9.17) is 18.9 Å². The summed E-state index contributed by atoms with van der Waals surface area (Å²) in [7, 11) is 0. The molecule has 0 radical (unpaired) electrons. The lowest BCUT2D eigenvalue weighted by molar-refractivity contribution is 0.455. The average molecular weight is 1060 g/mol. The van der Waals surface area contributed by atoms with E-state index in [0.717, 1.165) is 113 Å². The third kappa shape index (κ3) is 7.42. The molecule has 6 aliphatic rings. The minimum atomic E-state index is -0.218. The van der Waals surface area contributed by atoms with Crippen molar-refractivity contribution in [3.05, 3.63) is 184 Å². The van der Waals surface area contributed by atoms with Crippen molar-refractivity contribution in [2.75, 3.05) is 9.80 Å². The molecule has 6 aliphatic heterocycles. The van der Waals surface area contributed by atoms with Crippen LogP contribution in [0.2, 0.25) is 0 Å². The van der Waals surface area contributed by atoms with Gasteiger partial charge < -0.3 is 28.7 Å². The van der Waals surface area contributed by atoms with Gasteiger partial charge in [0.15, 0.2) is 0 Å². The molecule has 0 amide bonds. The van der Waals surface area contributed by atoms with Gasteiger partial charge >= 0.3 is 0 Å². The van der Waals surface area contributed by atoms with E-state index in [2.05, 4.69) is 247 Å². The summed E-state index contributed by atoms with van der Waals surface area (Å²) in [5.74, 6) is 6.86. The highest BCUT2D eigenvalue weighted by Crippen LogP contribution is 2.49. The fourth-order valence-electron chi connectivity index (χ4n) is 14.5. The summed E-state index contributed by atoms with van der Waals surface area (Å²) in [6.45, 7) is 33.5. The molecular formula is C72H67B3N2O4. The predicted molar refractivity (Wildman–Crippen MR) is 340 cm³/mol. The Hall–Kier alpha value is -8.03. The molecular weight excluding hydrogens is 989 g/mol. The van der Waals surface area contributed by atoms with Gasteiger partial charge in [0.05, 0.1) is 5.69 Å². The highest BCUT2D eigenvalue weighted by Gasteiger charge is 2.50. The summed E-state index contributed by atoms with van der Waals surface area (Å²) in [6.07, 6.45) is 0. The van der Waals surface area contributed by atoms with Crippen molar-refractivity contribution >= 4 is 103 Å². The van der Waals surface area contributed by atoms with E-state index in [9.17, 15) is 0 Å². The van der Waals surface area contributed by atoms with Crippen LogP contribution in [-0.2, 0) is 16.2 Å². The number of aryl methyl sites for hydroxylation is 6. The van der Waals surface area contributed by atoms with Gasteiger partial charge in [-0.2, -0.15) is 0 Å². The molecule has 81 heavy (non-hydrogen) atoms. The van der Waals surface area contributed by atoms with Gasteiger partial charge in [-0.15, -0.1) is 0 Å². The van der Waals surface area contributed by atoms with Crippen molar-refractivity contribution in [1.82, 2.24) is 0 Å². The zero-order valence-corrected chi connectivity index (χ0v) is 49.5. The molecule has 9 aromatic rings. The Kier molecular flexibility index (Phi) is 10.4. The van der Waals surface area contributed by atoms with Crippen LogP contribution in [0.15, 0.2) is 133 Å². The average Bonchev–Trinajstić information content (AvgIpc) is 1.76. The maximum Gasteiger partial charge on any atom is 0.260 e. The molecule has 0 unspecified atom stereocenters. The number of hydrogen-bond donors (Lipinski definition) is 0. The van der Waals surface area contributed by atoms with Gasteiger partial charge in [0.1, 0.15) is 46.0 Å². The number of fused-ring (bicyclic) bond motifs is 12. The first-order chi connectivity index (χ1) is 38.5. The van der Waals surface area contributed by atoms with Crippen LogP contribution in [0.5, 0.6) is 46.0 Å². The van der Waals surface area contributed by atoms with E-state index in [1.807, 2.05) is 0 Å². The van der Waals surface area contributed by atoms with Crippen molar-refractivity contribution in [2.24, 2.45) is 0 Å². The molecule has 0 fully saturated rings. The second kappa shape index (κ2) is 16.8. The topological polar surface area (TPSA) is 43.4 Å². The lowest BCUT2D eigenvalue weighted by atomic mass is 9.29. The lowest BCUT2D eigenvalue weighted by Gasteiger charge is -2.45. The minimum absolute atomic E-state index is 0.0123. The van der Waals surface area contributed by atoms with Gasteiger partial charge in [0, 0.05) is 40.0 Å². The number of rotatable bonds is 2. The molecule has 0 aromatic heterocycles. The highest BCUT2D eigenvalue weighted by molar-refractivity contribution is 7.03. The van der Waals surface area contributed by atoms with Gasteiger partial charge in [0.25, 0.3) is 20.1 Å². The van der Waals surface area contributed by atoms with Gasteiger partial charge in [-0.25, -0.2) is 0 Å². The summed E-state index contributed by atoms with van der Waals surface area (Å²) >= 11 is 0. The van der Waals surface area contributed by atoms with Crippen LogP contribution < -0.4 is 77.9 Å². The van der Waals surface area contributed by atoms with Crippen molar-refractivity contribution in [2.45, 2.75) is 120 Å². The maximum absolute atomic E-state index is 7.38. The summed E-state index contributed by atoms with van der Waals surface area (Å²) in [5.41, 5.74) is 28.1. The van der Waals surface area contributed by atoms with E-state index in [-0.39, 0.29) is 36.4 Å². The highest BCUT2D eigenvalue weighted by atomic mass is 16.5. The minimum Gasteiger partial charge on any atom is -0.458 e. The second-order valence-electron chi connectivity index (χ2n) is 27.4. The zero-order valence-electron chi connectivity index (χ0n) is 49.5. The summed E-state index contributed by atoms with van der Waals surface area (Å²) in [5, 5.41) is 0. The van der Waals surface area contributed by atoms with Crippen LogP contribution in [-0.4, -0.2) is 20.1 Å². The first-order valence-electron chi connectivity index (χ1n) is 29.0. The molecule has 398 valence electrons. The Balaban J connectivity index is 1.05. The number of benzene rings is 9. The molecule has 6 heterocycles. The molecule has 0 N–H and O–H groups in total. The van der Waals surface area contributed by atoms with Gasteiger partial charge in [0.2, 0.25) is 0 Å². The van der Waals surface area contributed by atoms with Crippen LogP contribution in [0.4, 0.5) is 34.1 Å². The van der Waals surface area contributed by atoms with Crippen molar-refractivity contribution < 1.29 is 18.9 Å². The zero-order chi connectivity index (χ0) is 56.2. The molecule has 0 bridgehead atoms. The van der Waals surface area contributed by atoms with E-state index < -0.39 is 0 Å². The quantitative estimate of drug-likeness (QED) is 0.161. The Labute approximate surface area is 479 Å². The second-order valence-corrected chi connectivity index (χ2v) is 27.4. The van der Waals surface area contributed by atoms with Crippen molar-refractivity contribution in [3.8, 4) is 46.0 Å². The first-order valence-corrected chi connectivity index (χ1v) is 29.0. The number of ether oxygens (including phenoxy) is 4. The van der Waals surface area contributed by atoms with E-state index in [0.29, 0.717) is 0 Å². The summed E-state index contributed by atoms with van der Waals surface area (Å²) < 4.78 is 28.5. The molecule has 15 rings (SSSR count). The normalized spacial score (nSPS) is 14.6.